The normalized spacial score (nSPS) is 8.23. The average molecular weight is 177 g/mol. The smallest absolute Gasteiger partial charge is 0.0610 e. The van der Waals surface area contributed by atoms with Crippen LogP contribution < -0.4 is 0 Å². The molecule has 13 heavy (non-hydrogen) atoms. The van der Waals surface area contributed by atoms with Gasteiger partial charge in [0.25, 0.3) is 0 Å². The van der Waals surface area contributed by atoms with Crippen LogP contribution in [0.15, 0.2) is 54.2 Å². The molecule has 0 amide bonds. The Bertz CT molecular complexity index is 215. The quantitative estimate of drug-likeness (QED) is 0.352. The number of rotatable bonds is 3. The van der Waals surface area contributed by atoms with E-state index >= 15 is 0 Å². The minimum absolute atomic E-state index is 0.917. The first-order valence-electron chi connectivity index (χ1n) is 4.16. The van der Waals surface area contributed by atoms with E-state index in [1.165, 1.54) is 0 Å². The van der Waals surface area contributed by atoms with Gasteiger partial charge < -0.3 is 0 Å². The second-order valence-corrected chi connectivity index (χ2v) is 2.51. The van der Waals surface area contributed by atoms with E-state index in [1.54, 1.807) is 24.4 Å². The molecular formula is C12H19N. The number of aliphatic imine (C=N–C) groups is 1. The second-order valence-electron chi connectivity index (χ2n) is 2.51. The van der Waals surface area contributed by atoms with Crippen molar-refractivity contribution in [2.45, 2.75) is 20.8 Å². The van der Waals surface area contributed by atoms with E-state index in [1.807, 2.05) is 20.8 Å². The highest BCUT2D eigenvalue weighted by Gasteiger charge is 1.86. The number of hydrogen-bond acceptors (Lipinski definition) is 1. The van der Waals surface area contributed by atoms with Gasteiger partial charge in [0.05, 0.1) is 5.70 Å². The van der Waals surface area contributed by atoms with Gasteiger partial charge in [-0.15, -0.1) is 6.58 Å². The van der Waals surface area contributed by atoms with Crippen molar-refractivity contribution in [2.75, 3.05) is 0 Å². The highest BCUT2D eigenvalue weighted by molar-refractivity contribution is 5.71. The molecule has 0 radical (unpaired) electrons. The lowest BCUT2D eigenvalue weighted by Gasteiger charge is -1.93. The maximum Gasteiger partial charge on any atom is 0.0610 e. The molecule has 0 aliphatic carbocycles. The summed E-state index contributed by atoms with van der Waals surface area (Å²) in [7, 11) is 0. The van der Waals surface area contributed by atoms with Crippen LogP contribution in [-0.4, -0.2) is 6.21 Å². The van der Waals surface area contributed by atoms with Gasteiger partial charge in [-0.1, -0.05) is 30.9 Å². The van der Waals surface area contributed by atoms with Crippen LogP contribution in [0.1, 0.15) is 20.8 Å². The molecule has 0 spiro atoms. The maximum atomic E-state index is 4.08. The van der Waals surface area contributed by atoms with Crippen molar-refractivity contribution < 1.29 is 0 Å². The van der Waals surface area contributed by atoms with E-state index in [0.29, 0.717) is 0 Å². The van der Waals surface area contributed by atoms with Gasteiger partial charge in [0.2, 0.25) is 0 Å². The summed E-state index contributed by atoms with van der Waals surface area (Å²) in [5.41, 5.74) is 2.08. The maximum absolute atomic E-state index is 4.08. The molecule has 0 heterocycles. The largest absolute Gasteiger partial charge is 0.257 e. The van der Waals surface area contributed by atoms with Gasteiger partial charge in [-0.3, -0.25) is 4.99 Å². The Kier molecular flexibility index (Phi) is 11.6. The zero-order valence-electron chi connectivity index (χ0n) is 8.88. The van der Waals surface area contributed by atoms with Crippen LogP contribution in [0.2, 0.25) is 0 Å². The first-order chi connectivity index (χ1) is 6.13. The van der Waals surface area contributed by atoms with E-state index in [2.05, 4.69) is 24.7 Å². The van der Waals surface area contributed by atoms with E-state index in [9.17, 15) is 0 Å². The van der Waals surface area contributed by atoms with Crippen molar-refractivity contribution in [2.24, 2.45) is 4.99 Å². The molecule has 0 rings (SSSR count). The third kappa shape index (κ3) is 10.6. The van der Waals surface area contributed by atoms with Crippen molar-refractivity contribution in [3.8, 4) is 0 Å². The first-order valence-corrected chi connectivity index (χ1v) is 4.16. The molecule has 0 aromatic carbocycles. The highest BCUT2D eigenvalue weighted by Crippen LogP contribution is 2.04. The van der Waals surface area contributed by atoms with Crippen LogP contribution in [0.5, 0.6) is 0 Å². The summed E-state index contributed by atoms with van der Waals surface area (Å²) in [6.07, 6.45) is 6.78. The zero-order valence-corrected chi connectivity index (χ0v) is 8.88. The second kappa shape index (κ2) is 10.6. The molecule has 0 fully saturated rings. The molecule has 0 atom stereocenters. The lowest BCUT2D eigenvalue weighted by Crippen LogP contribution is -1.76. The van der Waals surface area contributed by atoms with Crippen LogP contribution >= 0.6 is 0 Å². The molecular weight excluding hydrogens is 158 g/mol. The summed E-state index contributed by atoms with van der Waals surface area (Å²) >= 11 is 0. The Morgan fingerprint density at radius 2 is 1.62 bits per heavy atom. The van der Waals surface area contributed by atoms with Gasteiger partial charge in [-0.2, -0.15) is 0 Å². The van der Waals surface area contributed by atoms with E-state index < -0.39 is 0 Å². The van der Waals surface area contributed by atoms with Crippen LogP contribution in [0.3, 0.4) is 0 Å². The fourth-order valence-corrected chi connectivity index (χ4v) is 0.519. The summed E-state index contributed by atoms with van der Waals surface area (Å²) in [6.45, 7) is 16.4. The molecule has 0 aliphatic heterocycles. The number of allylic oxidation sites excluding steroid dienone is 4. The number of hydrogen-bond donors (Lipinski definition) is 0. The molecule has 72 valence electrons. The Hall–Kier alpha value is -1.37. The lowest BCUT2D eigenvalue weighted by molar-refractivity contribution is 1.26. The van der Waals surface area contributed by atoms with Crippen molar-refractivity contribution in [3.63, 3.8) is 0 Å². The van der Waals surface area contributed by atoms with Crippen LogP contribution in [0, 0.1) is 0 Å². The molecule has 0 saturated heterocycles. The molecule has 1 nitrogen and oxygen atoms in total. The summed E-state index contributed by atoms with van der Waals surface area (Å²) in [5, 5.41) is 0. The molecule has 0 aromatic rings. The molecule has 0 saturated carbocycles. The zero-order chi connectivity index (χ0) is 10.7. The SMILES string of the molecule is C=CC.C=CC=NC(C=C)=C(C)C. The van der Waals surface area contributed by atoms with Crippen molar-refractivity contribution in [1.29, 1.82) is 0 Å². The van der Waals surface area contributed by atoms with Crippen LogP contribution in [0.25, 0.3) is 0 Å². The van der Waals surface area contributed by atoms with Gasteiger partial charge in [-0.05, 0) is 26.8 Å². The Balaban J connectivity index is 0. The standard InChI is InChI=1S/C9H13N.C3H6/c1-5-7-10-9(6-2)8(3)4;1-3-2/h5-7H,1-2H2,3-4H3;3H,1H2,2H3. The van der Waals surface area contributed by atoms with Gasteiger partial charge in [0.15, 0.2) is 0 Å². The lowest BCUT2D eigenvalue weighted by atomic mass is 10.2. The van der Waals surface area contributed by atoms with Gasteiger partial charge in [0.1, 0.15) is 0 Å². The highest BCUT2D eigenvalue weighted by atomic mass is 14.7. The Morgan fingerprint density at radius 3 is 1.85 bits per heavy atom. The molecule has 0 N–H and O–H groups in total. The molecule has 0 bridgehead atoms. The Labute approximate surface area is 81.9 Å². The predicted molar refractivity (Wildman–Crippen MR) is 63.1 cm³/mol. The van der Waals surface area contributed by atoms with Crippen LogP contribution in [0.4, 0.5) is 0 Å². The average Bonchev–Trinajstić information content (AvgIpc) is 2.06. The first kappa shape index (κ1) is 14.2. The molecule has 0 aromatic heterocycles. The van der Waals surface area contributed by atoms with Crippen molar-refractivity contribution in [3.05, 3.63) is 49.2 Å². The van der Waals surface area contributed by atoms with Gasteiger partial charge in [-0.25, -0.2) is 0 Å². The van der Waals surface area contributed by atoms with Crippen molar-refractivity contribution in [1.82, 2.24) is 0 Å². The topological polar surface area (TPSA) is 12.4 Å². The molecule has 0 aliphatic rings. The van der Waals surface area contributed by atoms with Crippen molar-refractivity contribution >= 4 is 6.21 Å². The minimum Gasteiger partial charge on any atom is -0.257 e. The fourth-order valence-electron chi connectivity index (χ4n) is 0.519. The summed E-state index contributed by atoms with van der Waals surface area (Å²) in [6, 6.07) is 0. The molecule has 0 unspecified atom stereocenters. The summed E-state index contributed by atoms with van der Waals surface area (Å²) in [4.78, 5) is 4.08. The molecule has 1 heteroatoms. The van der Waals surface area contributed by atoms with E-state index in [-0.39, 0.29) is 0 Å². The monoisotopic (exact) mass is 177 g/mol. The van der Waals surface area contributed by atoms with E-state index in [0.717, 1.165) is 11.3 Å². The Morgan fingerprint density at radius 1 is 1.15 bits per heavy atom. The summed E-state index contributed by atoms with van der Waals surface area (Å²) in [5.74, 6) is 0. The van der Waals surface area contributed by atoms with E-state index in [4.69, 9.17) is 0 Å². The van der Waals surface area contributed by atoms with Gasteiger partial charge >= 0.3 is 0 Å². The third-order valence-corrected chi connectivity index (χ3v) is 1.02. The fraction of sp³-hybridized carbons (Fsp3) is 0.250. The predicted octanol–water partition coefficient (Wildman–Crippen LogP) is 3.92. The third-order valence-electron chi connectivity index (χ3n) is 1.02. The minimum atomic E-state index is 0.917. The van der Waals surface area contributed by atoms with Crippen LogP contribution in [-0.2, 0) is 0 Å². The van der Waals surface area contributed by atoms with Gasteiger partial charge in [0, 0.05) is 6.21 Å². The summed E-state index contributed by atoms with van der Waals surface area (Å²) < 4.78 is 0. The number of nitrogens with zero attached hydrogens (tertiary/aromatic N) is 1.